The molecule has 3 heterocycles. The molecule has 0 atom stereocenters. The predicted octanol–water partition coefficient (Wildman–Crippen LogP) is 1.75. The van der Waals surface area contributed by atoms with Crippen molar-refractivity contribution in [3.63, 3.8) is 0 Å². The largest absolute Gasteiger partial charge is 0.369 e. The van der Waals surface area contributed by atoms with E-state index in [1.165, 1.54) is 32.4 Å². The van der Waals surface area contributed by atoms with Gasteiger partial charge in [-0.2, -0.15) is 0 Å². The average Bonchev–Trinajstić information content (AvgIpc) is 2.74. The minimum Gasteiger partial charge on any atom is -0.369 e. The Balaban J connectivity index is 1.70. The van der Waals surface area contributed by atoms with E-state index in [0.717, 1.165) is 23.5 Å². The zero-order chi connectivity index (χ0) is 13.2. The number of anilines is 1. The van der Waals surface area contributed by atoms with Crippen molar-refractivity contribution in [3.8, 4) is 0 Å². The van der Waals surface area contributed by atoms with Gasteiger partial charge < -0.3 is 15.2 Å². The lowest BCUT2D eigenvalue weighted by molar-refractivity contribution is 0.208. The monoisotopic (exact) mass is 259 g/mol. The second-order valence-corrected chi connectivity index (χ2v) is 5.52. The summed E-state index contributed by atoms with van der Waals surface area (Å²) in [6.07, 6.45) is 7.36. The molecule has 2 aromatic heterocycles. The first kappa shape index (κ1) is 12.4. The van der Waals surface area contributed by atoms with Crippen LogP contribution in [0.3, 0.4) is 0 Å². The number of nitrogen functional groups attached to an aromatic ring is 1. The van der Waals surface area contributed by atoms with Gasteiger partial charge in [-0.15, -0.1) is 0 Å². The third-order valence-corrected chi connectivity index (χ3v) is 4.18. The molecule has 0 aliphatic carbocycles. The van der Waals surface area contributed by atoms with E-state index in [1.54, 1.807) is 12.4 Å². The maximum Gasteiger partial charge on any atom is 0.201 e. The zero-order valence-electron chi connectivity index (χ0n) is 11.4. The summed E-state index contributed by atoms with van der Waals surface area (Å²) < 4.78 is 2.12. The molecule has 0 amide bonds. The highest BCUT2D eigenvalue weighted by atomic mass is 15.2. The molecule has 0 radical (unpaired) electrons. The molecule has 102 valence electrons. The van der Waals surface area contributed by atoms with Gasteiger partial charge in [-0.25, -0.2) is 4.98 Å². The van der Waals surface area contributed by atoms with Crippen molar-refractivity contribution in [2.45, 2.75) is 25.8 Å². The fourth-order valence-corrected chi connectivity index (χ4v) is 2.90. The lowest BCUT2D eigenvalue weighted by Crippen LogP contribution is -2.30. The Kier molecular flexibility index (Phi) is 3.38. The van der Waals surface area contributed by atoms with Gasteiger partial charge in [-0.05, 0) is 51.4 Å². The van der Waals surface area contributed by atoms with Crippen LogP contribution >= 0.6 is 0 Å². The fraction of sp³-hybridized carbons (Fsp3) is 0.571. The minimum absolute atomic E-state index is 0.607. The molecule has 1 fully saturated rings. The van der Waals surface area contributed by atoms with E-state index in [4.69, 9.17) is 5.73 Å². The molecule has 1 aliphatic rings. The average molecular weight is 259 g/mol. The molecule has 3 rings (SSSR count). The maximum atomic E-state index is 6.01. The van der Waals surface area contributed by atoms with Gasteiger partial charge in [0.25, 0.3) is 0 Å². The van der Waals surface area contributed by atoms with E-state index in [9.17, 15) is 0 Å². The first-order chi connectivity index (χ1) is 9.24. The number of nitrogens with two attached hydrogens (primary N) is 1. The number of aromatic nitrogens is 3. The van der Waals surface area contributed by atoms with Gasteiger partial charge in [0, 0.05) is 12.7 Å². The van der Waals surface area contributed by atoms with Gasteiger partial charge >= 0.3 is 0 Å². The third kappa shape index (κ3) is 2.56. The Labute approximate surface area is 113 Å². The number of pyridine rings is 1. The van der Waals surface area contributed by atoms with Crippen molar-refractivity contribution in [3.05, 3.63) is 18.5 Å². The molecule has 0 spiro atoms. The SMILES string of the molecule is CN1CCC(CCn2c(N)nc3cnccc32)CC1. The normalized spacial score (nSPS) is 18.2. The van der Waals surface area contributed by atoms with E-state index in [1.807, 2.05) is 6.07 Å². The highest BCUT2D eigenvalue weighted by molar-refractivity contribution is 5.76. The van der Waals surface area contributed by atoms with Crippen LogP contribution in [0.4, 0.5) is 5.95 Å². The van der Waals surface area contributed by atoms with Crippen LogP contribution in [-0.2, 0) is 6.54 Å². The summed E-state index contributed by atoms with van der Waals surface area (Å²) in [6, 6.07) is 1.99. The number of likely N-dealkylation sites (tertiary alicyclic amines) is 1. The molecular formula is C14H21N5. The van der Waals surface area contributed by atoms with Crippen LogP contribution in [-0.4, -0.2) is 39.6 Å². The molecule has 2 aromatic rings. The van der Waals surface area contributed by atoms with Gasteiger partial charge in [0.2, 0.25) is 5.95 Å². The van der Waals surface area contributed by atoms with Gasteiger partial charge in [-0.3, -0.25) is 4.98 Å². The smallest absolute Gasteiger partial charge is 0.201 e. The van der Waals surface area contributed by atoms with Crippen molar-refractivity contribution in [1.82, 2.24) is 19.4 Å². The summed E-state index contributed by atoms with van der Waals surface area (Å²) in [5.41, 5.74) is 8.00. The van der Waals surface area contributed by atoms with E-state index in [2.05, 4.69) is 26.5 Å². The van der Waals surface area contributed by atoms with Crippen LogP contribution in [0.1, 0.15) is 19.3 Å². The second-order valence-electron chi connectivity index (χ2n) is 5.52. The quantitative estimate of drug-likeness (QED) is 0.912. The Morgan fingerprint density at radius 3 is 2.95 bits per heavy atom. The van der Waals surface area contributed by atoms with Gasteiger partial charge in [0.1, 0.15) is 5.52 Å². The van der Waals surface area contributed by atoms with Crippen molar-refractivity contribution < 1.29 is 0 Å². The summed E-state index contributed by atoms with van der Waals surface area (Å²) in [5, 5.41) is 0. The van der Waals surface area contributed by atoms with Crippen LogP contribution in [0.5, 0.6) is 0 Å². The summed E-state index contributed by atoms with van der Waals surface area (Å²) in [5.74, 6) is 1.42. The van der Waals surface area contributed by atoms with Crippen molar-refractivity contribution in [1.29, 1.82) is 0 Å². The lowest BCUT2D eigenvalue weighted by atomic mass is 9.94. The molecule has 0 unspecified atom stereocenters. The predicted molar refractivity (Wildman–Crippen MR) is 76.8 cm³/mol. The second kappa shape index (κ2) is 5.17. The molecule has 0 aromatic carbocycles. The minimum atomic E-state index is 0.607. The molecule has 0 bridgehead atoms. The number of piperidine rings is 1. The lowest BCUT2D eigenvalue weighted by Gasteiger charge is -2.29. The Bertz CT molecular complexity index is 554. The Hall–Kier alpha value is -1.62. The van der Waals surface area contributed by atoms with Crippen LogP contribution in [0, 0.1) is 5.92 Å². The van der Waals surface area contributed by atoms with Crippen molar-refractivity contribution in [2.75, 3.05) is 25.9 Å². The topological polar surface area (TPSA) is 60.0 Å². The fourth-order valence-electron chi connectivity index (χ4n) is 2.90. The molecule has 1 saturated heterocycles. The van der Waals surface area contributed by atoms with Crippen molar-refractivity contribution >= 4 is 17.0 Å². The van der Waals surface area contributed by atoms with Gasteiger partial charge in [-0.1, -0.05) is 0 Å². The summed E-state index contributed by atoms with van der Waals surface area (Å²) in [6.45, 7) is 3.39. The first-order valence-electron chi connectivity index (χ1n) is 6.98. The Morgan fingerprint density at radius 1 is 1.37 bits per heavy atom. The molecule has 19 heavy (non-hydrogen) atoms. The molecule has 5 heteroatoms. The number of hydrogen-bond acceptors (Lipinski definition) is 4. The number of nitrogens with zero attached hydrogens (tertiary/aromatic N) is 4. The summed E-state index contributed by atoms with van der Waals surface area (Å²) >= 11 is 0. The van der Waals surface area contributed by atoms with E-state index >= 15 is 0 Å². The molecule has 2 N–H and O–H groups in total. The van der Waals surface area contributed by atoms with Crippen LogP contribution in [0.15, 0.2) is 18.5 Å². The highest BCUT2D eigenvalue weighted by Crippen LogP contribution is 2.23. The standard InChI is InChI=1S/C14H21N5/c1-18-7-3-11(4-8-18)5-9-19-13-2-6-16-10-12(13)17-14(19)15/h2,6,10-11H,3-5,7-9H2,1H3,(H2,15,17). The zero-order valence-corrected chi connectivity index (χ0v) is 11.4. The van der Waals surface area contributed by atoms with Crippen molar-refractivity contribution in [2.24, 2.45) is 5.92 Å². The molecule has 5 nitrogen and oxygen atoms in total. The van der Waals surface area contributed by atoms with Crippen LogP contribution < -0.4 is 5.73 Å². The summed E-state index contributed by atoms with van der Waals surface area (Å²) in [4.78, 5) is 10.9. The van der Waals surface area contributed by atoms with Gasteiger partial charge in [0.05, 0.1) is 11.7 Å². The number of imidazole rings is 1. The number of aryl methyl sites for hydroxylation is 1. The van der Waals surface area contributed by atoms with E-state index in [-0.39, 0.29) is 0 Å². The van der Waals surface area contributed by atoms with E-state index < -0.39 is 0 Å². The number of fused-ring (bicyclic) bond motifs is 1. The van der Waals surface area contributed by atoms with Crippen LogP contribution in [0.2, 0.25) is 0 Å². The maximum absolute atomic E-state index is 6.01. The Morgan fingerprint density at radius 2 is 2.16 bits per heavy atom. The first-order valence-corrected chi connectivity index (χ1v) is 6.98. The van der Waals surface area contributed by atoms with E-state index in [0.29, 0.717) is 5.95 Å². The van der Waals surface area contributed by atoms with Crippen LogP contribution in [0.25, 0.3) is 11.0 Å². The number of hydrogen-bond donors (Lipinski definition) is 1. The summed E-state index contributed by atoms with van der Waals surface area (Å²) in [7, 11) is 2.20. The number of rotatable bonds is 3. The molecule has 0 saturated carbocycles. The van der Waals surface area contributed by atoms with Gasteiger partial charge in [0.15, 0.2) is 0 Å². The highest BCUT2D eigenvalue weighted by Gasteiger charge is 2.17. The third-order valence-electron chi connectivity index (χ3n) is 4.18. The molecular weight excluding hydrogens is 238 g/mol. The molecule has 1 aliphatic heterocycles.